The highest BCUT2D eigenvalue weighted by Crippen LogP contribution is 2.38. The zero-order valence-corrected chi connectivity index (χ0v) is 20.6. The molecule has 1 saturated heterocycles. The fourth-order valence-corrected chi connectivity index (χ4v) is 5.91. The highest BCUT2D eigenvalue weighted by atomic mass is 32.1. The molecule has 3 aromatic rings. The molecule has 2 aliphatic heterocycles. The molecule has 0 aliphatic carbocycles. The first-order valence-electron chi connectivity index (χ1n) is 11.7. The van der Waals surface area contributed by atoms with Crippen LogP contribution in [0, 0.1) is 0 Å². The van der Waals surface area contributed by atoms with Crippen LogP contribution in [0.15, 0.2) is 54.6 Å². The van der Waals surface area contributed by atoms with Crippen LogP contribution in [0.5, 0.6) is 0 Å². The highest BCUT2D eigenvalue weighted by Gasteiger charge is 2.31. The predicted octanol–water partition coefficient (Wildman–Crippen LogP) is 4.00. The van der Waals surface area contributed by atoms with Crippen molar-refractivity contribution in [2.24, 2.45) is 0 Å². The van der Waals surface area contributed by atoms with Crippen LogP contribution in [0.1, 0.15) is 49.6 Å². The van der Waals surface area contributed by atoms with Crippen molar-refractivity contribution < 1.29 is 23.9 Å². The summed E-state index contributed by atoms with van der Waals surface area (Å²) in [7, 11) is 1.34. The van der Waals surface area contributed by atoms with Crippen molar-refractivity contribution in [1.29, 1.82) is 0 Å². The first kappa shape index (κ1) is 23.9. The molecule has 3 heterocycles. The van der Waals surface area contributed by atoms with Crippen LogP contribution >= 0.6 is 11.3 Å². The van der Waals surface area contributed by atoms with Crippen molar-refractivity contribution in [3.8, 4) is 0 Å². The summed E-state index contributed by atoms with van der Waals surface area (Å²) in [5.41, 5.74) is 3.35. The van der Waals surface area contributed by atoms with Crippen LogP contribution in [0.2, 0.25) is 0 Å². The number of methoxy groups -OCH3 is 1. The summed E-state index contributed by atoms with van der Waals surface area (Å²) >= 11 is 1.40. The van der Waals surface area contributed by atoms with Crippen LogP contribution in [0.4, 0.5) is 10.7 Å². The normalized spacial score (nSPS) is 15.6. The first-order valence-corrected chi connectivity index (χ1v) is 12.5. The van der Waals surface area contributed by atoms with E-state index in [0.717, 1.165) is 28.4 Å². The summed E-state index contributed by atoms with van der Waals surface area (Å²) in [6.45, 7) is 2.29. The number of amides is 3. The molecule has 0 radical (unpaired) electrons. The van der Waals surface area contributed by atoms with Crippen LogP contribution in [0.3, 0.4) is 0 Å². The Balaban J connectivity index is 1.35. The Morgan fingerprint density at radius 1 is 0.972 bits per heavy atom. The number of carbonyl (C=O) groups is 4. The predicted molar refractivity (Wildman–Crippen MR) is 136 cm³/mol. The summed E-state index contributed by atoms with van der Waals surface area (Å²) in [4.78, 5) is 54.2. The molecule has 0 atom stereocenters. The maximum absolute atomic E-state index is 13.0. The number of benzene rings is 2. The third-order valence-corrected chi connectivity index (χ3v) is 7.57. The summed E-state index contributed by atoms with van der Waals surface area (Å²) < 4.78 is 5.04. The van der Waals surface area contributed by atoms with E-state index in [4.69, 9.17) is 4.74 Å². The van der Waals surface area contributed by atoms with Crippen molar-refractivity contribution in [1.82, 2.24) is 4.90 Å². The van der Waals surface area contributed by atoms with Gasteiger partial charge in [-0.2, -0.15) is 0 Å². The topological polar surface area (TPSA) is 96.0 Å². The summed E-state index contributed by atoms with van der Waals surface area (Å²) in [6, 6.07) is 16.5. The number of imide groups is 1. The number of thiophene rings is 1. The number of rotatable bonds is 6. The zero-order valence-electron chi connectivity index (χ0n) is 19.8. The largest absolute Gasteiger partial charge is 0.465 e. The first-order chi connectivity index (χ1) is 17.4. The third-order valence-electron chi connectivity index (χ3n) is 6.44. The maximum atomic E-state index is 13.0. The molecule has 36 heavy (non-hydrogen) atoms. The molecule has 0 spiro atoms. The number of nitrogens with one attached hydrogen (secondary N) is 1. The van der Waals surface area contributed by atoms with Crippen molar-refractivity contribution in [3.63, 3.8) is 0 Å². The highest BCUT2D eigenvalue weighted by molar-refractivity contribution is 7.17. The van der Waals surface area contributed by atoms with E-state index in [0.29, 0.717) is 34.8 Å². The van der Waals surface area contributed by atoms with E-state index in [1.165, 1.54) is 24.0 Å². The maximum Gasteiger partial charge on any atom is 0.341 e. The van der Waals surface area contributed by atoms with Gasteiger partial charge in [0.05, 0.1) is 18.4 Å². The van der Waals surface area contributed by atoms with E-state index in [1.807, 2.05) is 18.2 Å². The van der Waals surface area contributed by atoms with Gasteiger partial charge in [0.1, 0.15) is 5.00 Å². The lowest BCUT2D eigenvalue weighted by atomic mass is 10.0. The van der Waals surface area contributed by atoms with Gasteiger partial charge < -0.3 is 10.1 Å². The van der Waals surface area contributed by atoms with Gasteiger partial charge in [-0.1, -0.05) is 30.3 Å². The van der Waals surface area contributed by atoms with E-state index >= 15 is 0 Å². The van der Waals surface area contributed by atoms with Gasteiger partial charge in [-0.3, -0.25) is 24.2 Å². The van der Waals surface area contributed by atoms with Crippen LogP contribution in [-0.2, 0) is 33.8 Å². The van der Waals surface area contributed by atoms with Gasteiger partial charge in [0.25, 0.3) is 5.91 Å². The van der Waals surface area contributed by atoms with Gasteiger partial charge in [-0.05, 0) is 41.8 Å². The number of anilines is 2. The van der Waals surface area contributed by atoms with Gasteiger partial charge in [-0.25, -0.2) is 4.79 Å². The van der Waals surface area contributed by atoms with Gasteiger partial charge in [0, 0.05) is 42.9 Å². The van der Waals surface area contributed by atoms with Gasteiger partial charge in [0.2, 0.25) is 11.8 Å². The molecule has 0 bridgehead atoms. The summed E-state index contributed by atoms with van der Waals surface area (Å²) in [5.74, 6) is -1.35. The number of ether oxygens (including phenoxy) is 1. The Morgan fingerprint density at radius 3 is 2.33 bits per heavy atom. The Kier molecular flexibility index (Phi) is 6.67. The molecule has 1 N–H and O–H groups in total. The van der Waals surface area contributed by atoms with Crippen molar-refractivity contribution >= 4 is 45.7 Å². The van der Waals surface area contributed by atoms with E-state index in [9.17, 15) is 19.2 Å². The van der Waals surface area contributed by atoms with Crippen molar-refractivity contribution in [3.05, 3.63) is 81.7 Å². The summed E-state index contributed by atoms with van der Waals surface area (Å²) in [5, 5.41) is 3.35. The lowest BCUT2D eigenvalue weighted by molar-refractivity contribution is -0.121. The Labute approximate surface area is 212 Å². The van der Waals surface area contributed by atoms with Gasteiger partial charge in [-0.15, -0.1) is 11.3 Å². The number of carbonyl (C=O) groups excluding carboxylic acids is 4. The second-order valence-corrected chi connectivity index (χ2v) is 9.87. The molecular formula is C27H25N3O5S. The minimum Gasteiger partial charge on any atom is -0.465 e. The molecule has 3 amide bonds. The van der Waals surface area contributed by atoms with Crippen LogP contribution in [0.25, 0.3) is 0 Å². The second-order valence-electron chi connectivity index (χ2n) is 8.77. The molecule has 9 heteroatoms. The molecule has 0 unspecified atom stereocenters. The Morgan fingerprint density at radius 2 is 1.67 bits per heavy atom. The lowest BCUT2D eigenvalue weighted by Gasteiger charge is -2.27. The molecule has 2 aliphatic rings. The molecule has 184 valence electrons. The monoisotopic (exact) mass is 503 g/mol. The molecule has 1 fully saturated rings. The van der Waals surface area contributed by atoms with Crippen LogP contribution in [-0.4, -0.2) is 42.2 Å². The van der Waals surface area contributed by atoms with Crippen LogP contribution < -0.4 is 10.2 Å². The zero-order chi connectivity index (χ0) is 25.2. The van der Waals surface area contributed by atoms with Crippen molar-refractivity contribution in [2.75, 3.05) is 23.9 Å². The van der Waals surface area contributed by atoms with Gasteiger partial charge in [0.15, 0.2) is 0 Å². The number of fused-ring (bicyclic) bond motifs is 1. The van der Waals surface area contributed by atoms with E-state index in [1.54, 1.807) is 24.3 Å². The smallest absolute Gasteiger partial charge is 0.341 e. The second kappa shape index (κ2) is 10.0. The van der Waals surface area contributed by atoms with E-state index in [-0.39, 0.29) is 30.6 Å². The molecular weight excluding hydrogens is 478 g/mol. The quantitative estimate of drug-likeness (QED) is 0.404. The average Bonchev–Trinajstić information content (AvgIpc) is 3.42. The number of hydrogen-bond acceptors (Lipinski definition) is 7. The number of nitrogens with zero attached hydrogens (tertiary/aromatic N) is 2. The summed E-state index contributed by atoms with van der Waals surface area (Å²) in [6.07, 6.45) is 1.08. The number of hydrogen-bond donors (Lipinski definition) is 1. The minimum absolute atomic E-state index is 0.198. The molecule has 1 aromatic heterocycles. The van der Waals surface area contributed by atoms with E-state index in [2.05, 4.69) is 22.3 Å². The number of esters is 1. The fourth-order valence-electron chi connectivity index (χ4n) is 4.64. The third kappa shape index (κ3) is 4.67. The molecule has 8 nitrogen and oxygen atoms in total. The van der Waals surface area contributed by atoms with Gasteiger partial charge >= 0.3 is 5.97 Å². The standard InChI is InChI=1S/C27H25N3O5S/c1-35-27(34)24-20-13-14-29(15-17-5-3-2-4-6-17)16-21(20)36-26(24)28-25(33)18-7-9-19(10-8-18)30-22(31)11-12-23(30)32/h2-10H,11-16H2,1H3,(H,28,33). The molecule has 2 aromatic carbocycles. The molecule has 5 rings (SSSR count). The SMILES string of the molecule is COC(=O)c1c(NC(=O)c2ccc(N3C(=O)CCC3=O)cc2)sc2c1CCN(Cc1ccccc1)C2. The van der Waals surface area contributed by atoms with E-state index < -0.39 is 5.97 Å². The fraction of sp³-hybridized carbons (Fsp3) is 0.259. The lowest BCUT2D eigenvalue weighted by Crippen LogP contribution is -2.29. The average molecular weight is 504 g/mol. The molecule has 0 saturated carbocycles. The Bertz CT molecular complexity index is 1320. The minimum atomic E-state index is -0.472. The Hall–Kier alpha value is -3.82. The van der Waals surface area contributed by atoms with Crippen molar-refractivity contribution in [2.45, 2.75) is 32.4 Å².